The molecule has 6 heteroatoms. The summed E-state index contributed by atoms with van der Waals surface area (Å²) < 4.78 is 20.5. The van der Waals surface area contributed by atoms with Crippen LogP contribution in [0.2, 0.25) is 0 Å². The fraction of sp³-hybridized carbons (Fsp3) is 0.600. The fourth-order valence-corrected chi connectivity index (χ4v) is 3.23. The minimum atomic E-state index is -0.739. The summed E-state index contributed by atoms with van der Waals surface area (Å²) in [4.78, 5) is 18.5. The molecule has 0 aromatic rings. The Kier molecular flexibility index (Phi) is 3.57. The zero-order chi connectivity index (χ0) is 15.1. The first-order valence-corrected chi connectivity index (χ1v) is 7.19. The fourth-order valence-electron chi connectivity index (χ4n) is 3.23. The standard InChI is InChI=1S/C15H19FN2O3/c1-8-5-18(6-9(2)20-8)14-11(7-19)4-12-10(3)17-21-15(12)13(14)16/h4,7-9,12,15H,5-6H2,1-3H3/t8-,9-,12?,15?/m1/s1. The Bertz CT molecular complexity index is 545. The lowest BCUT2D eigenvalue weighted by molar-refractivity contribution is -0.105. The average Bonchev–Trinajstić information content (AvgIpc) is 2.79. The van der Waals surface area contributed by atoms with E-state index in [2.05, 4.69) is 5.16 Å². The molecule has 0 N–H and O–H groups in total. The molecule has 3 rings (SSSR count). The molecule has 5 nitrogen and oxygen atoms in total. The van der Waals surface area contributed by atoms with Crippen LogP contribution in [-0.4, -0.2) is 48.3 Å². The molecule has 0 spiro atoms. The number of hydrogen-bond donors (Lipinski definition) is 0. The number of ether oxygens (including phenoxy) is 1. The molecule has 0 aromatic carbocycles. The molecule has 0 amide bonds. The number of allylic oxidation sites excluding steroid dienone is 1. The maximum Gasteiger partial charge on any atom is 0.192 e. The van der Waals surface area contributed by atoms with Gasteiger partial charge in [0.2, 0.25) is 0 Å². The van der Waals surface area contributed by atoms with Gasteiger partial charge in [0.25, 0.3) is 0 Å². The van der Waals surface area contributed by atoms with E-state index in [9.17, 15) is 9.18 Å². The van der Waals surface area contributed by atoms with E-state index in [0.29, 0.717) is 36.4 Å². The first-order valence-electron chi connectivity index (χ1n) is 7.19. The van der Waals surface area contributed by atoms with Crippen molar-refractivity contribution in [1.82, 2.24) is 4.90 Å². The molecule has 0 saturated carbocycles. The molecule has 1 aliphatic carbocycles. The zero-order valence-corrected chi connectivity index (χ0v) is 12.4. The minimum absolute atomic E-state index is 0.0119. The van der Waals surface area contributed by atoms with Gasteiger partial charge in [-0.2, -0.15) is 0 Å². The molecule has 114 valence electrons. The highest BCUT2D eigenvalue weighted by Crippen LogP contribution is 2.38. The van der Waals surface area contributed by atoms with E-state index in [0.717, 1.165) is 0 Å². The maximum absolute atomic E-state index is 14.9. The highest BCUT2D eigenvalue weighted by atomic mass is 19.1. The van der Waals surface area contributed by atoms with Gasteiger partial charge in [0.15, 0.2) is 18.2 Å². The van der Waals surface area contributed by atoms with Crippen molar-refractivity contribution in [3.05, 3.63) is 23.2 Å². The van der Waals surface area contributed by atoms with Crippen LogP contribution in [0, 0.1) is 5.92 Å². The van der Waals surface area contributed by atoms with E-state index in [4.69, 9.17) is 9.57 Å². The molecule has 0 bridgehead atoms. The highest BCUT2D eigenvalue weighted by Gasteiger charge is 2.42. The van der Waals surface area contributed by atoms with Crippen LogP contribution >= 0.6 is 0 Å². The largest absolute Gasteiger partial charge is 0.384 e. The third-order valence-electron chi connectivity index (χ3n) is 4.09. The SMILES string of the molecule is CC1=NOC2C(F)=C(N3C[C@@H](C)O[C@H](C)C3)C(C=O)=CC12. The first kappa shape index (κ1) is 14.3. The quantitative estimate of drug-likeness (QED) is 0.729. The number of hydrogen-bond acceptors (Lipinski definition) is 5. The predicted molar refractivity (Wildman–Crippen MR) is 75.3 cm³/mol. The average molecular weight is 294 g/mol. The summed E-state index contributed by atoms with van der Waals surface area (Å²) in [6, 6.07) is 0. The van der Waals surface area contributed by atoms with E-state index < -0.39 is 11.9 Å². The number of halogens is 1. The van der Waals surface area contributed by atoms with Gasteiger partial charge in [0, 0.05) is 18.7 Å². The lowest BCUT2D eigenvalue weighted by Gasteiger charge is -2.39. The van der Waals surface area contributed by atoms with Crippen molar-refractivity contribution in [1.29, 1.82) is 0 Å². The van der Waals surface area contributed by atoms with Gasteiger partial charge in [-0.15, -0.1) is 0 Å². The second-order valence-corrected chi connectivity index (χ2v) is 5.88. The topological polar surface area (TPSA) is 51.1 Å². The molecule has 1 saturated heterocycles. The number of rotatable bonds is 2. The number of carbonyl (C=O) groups is 1. The summed E-state index contributed by atoms with van der Waals surface area (Å²) in [6.07, 6.45) is 1.70. The van der Waals surface area contributed by atoms with Crippen LogP contribution in [0.15, 0.2) is 28.3 Å². The molecule has 2 unspecified atom stereocenters. The zero-order valence-electron chi connectivity index (χ0n) is 12.4. The summed E-state index contributed by atoms with van der Waals surface area (Å²) in [6.45, 7) is 6.76. The summed E-state index contributed by atoms with van der Waals surface area (Å²) in [7, 11) is 0. The van der Waals surface area contributed by atoms with Gasteiger partial charge in [-0.1, -0.05) is 11.2 Å². The van der Waals surface area contributed by atoms with Crippen molar-refractivity contribution >= 4 is 12.0 Å². The predicted octanol–water partition coefficient (Wildman–Crippen LogP) is 1.81. The van der Waals surface area contributed by atoms with E-state index in [1.54, 1.807) is 13.0 Å². The number of aldehydes is 1. The van der Waals surface area contributed by atoms with Gasteiger partial charge >= 0.3 is 0 Å². The molecular weight excluding hydrogens is 275 g/mol. The third kappa shape index (κ3) is 2.37. The van der Waals surface area contributed by atoms with Crippen LogP contribution in [-0.2, 0) is 14.4 Å². The normalized spacial score (nSPS) is 35.9. The van der Waals surface area contributed by atoms with Gasteiger partial charge in [0.05, 0.1) is 29.5 Å². The van der Waals surface area contributed by atoms with Crippen molar-refractivity contribution in [2.45, 2.75) is 39.1 Å². The second-order valence-electron chi connectivity index (χ2n) is 5.88. The van der Waals surface area contributed by atoms with E-state index in [-0.39, 0.29) is 18.1 Å². The van der Waals surface area contributed by atoms with Crippen molar-refractivity contribution in [3.8, 4) is 0 Å². The van der Waals surface area contributed by atoms with Gasteiger partial charge in [0.1, 0.15) is 0 Å². The maximum atomic E-state index is 14.9. The highest BCUT2D eigenvalue weighted by molar-refractivity contribution is 5.91. The lowest BCUT2D eigenvalue weighted by Crippen LogP contribution is -2.46. The molecule has 21 heavy (non-hydrogen) atoms. The number of nitrogens with zero attached hydrogens (tertiary/aromatic N) is 2. The van der Waals surface area contributed by atoms with Gasteiger partial charge in [-0.3, -0.25) is 4.79 Å². The molecule has 1 fully saturated rings. The Hall–Kier alpha value is -1.69. The molecule has 2 aliphatic heterocycles. The van der Waals surface area contributed by atoms with Crippen LogP contribution in [0.4, 0.5) is 4.39 Å². The van der Waals surface area contributed by atoms with Crippen molar-refractivity contribution in [3.63, 3.8) is 0 Å². The van der Waals surface area contributed by atoms with E-state index in [1.807, 2.05) is 18.7 Å². The minimum Gasteiger partial charge on any atom is -0.384 e. The van der Waals surface area contributed by atoms with Gasteiger partial charge < -0.3 is 14.5 Å². The number of fused-ring (bicyclic) bond motifs is 1. The Labute approximate surface area is 123 Å². The smallest absolute Gasteiger partial charge is 0.192 e. The summed E-state index contributed by atoms with van der Waals surface area (Å²) in [5, 5.41) is 3.85. The first-order chi connectivity index (χ1) is 10.0. The van der Waals surface area contributed by atoms with Crippen molar-refractivity contribution in [2.75, 3.05) is 13.1 Å². The van der Waals surface area contributed by atoms with Gasteiger partial charge in [-0.25, -0.2) is 4.39 Å². The van der Waals surface area contributed by atoms with E-state index >= 15 is 0 Å². The van der Waals surface area contributed by atoms with Crippen LogP contribution in [0.25, 0.3) is 0 Å². The molecule has 2 heterocycles. The van der Waals surface area contributed by atoms with Crippen LogP contribution in [0.5, 0.6) is 0 Å². The molecule has 0 aromatic heterocycles. The monoisotopic (exact) mass is 294 g/mol. The lowest BCUT2D eigenvalue weighted by atomic mass is 9.87. The number of oxime groups is 1. The molecule has 4 atom stereocenters. The summed E-state index contributed by atoms with van der Waals surface area (Å²) >= 11 is 0. The van der Waals surface area contributed by atoms with Crippen molar-refractivity contribution in [2.24, 2.45) is 11.1 Å². The van der Waals surface area contributed by atoms with Crippen LogP contribution in [0.3, 0.4) is 0 Å². The Morgan fingerprint density at radius 3 is 2.67 bits per heavy atom. The summed E-state index contributed by atoms with van der Waals surface area (Å²) in [5.74, 6) is -0.698. The molecular formula is C15H19FN2O3. The Balaban J connectivity index is 1.96. The Morgan fingerprint density at radius 2 is 2.05 bits per heavy atom. The number of carbonyl (C=O) groups excluding carboxylic acids is 1. The molecule has 0 radical (unpaired) electrons. The van der Waals surface area contributed by atoms with E-state index in [1.165, 1.54) is 0 Å². The molecule has 3 aliphatic rings. The summed E-state index contributed by atoms with van der Waals surface area (Å²) in [5.41, 5.74) is 1.39. The van der Waals surface area contributed by atoms with Crippen molar-refractivity contribution < 1.29 is 18.8 Å². The third-order valence-corrected chi connectivity index (χ3v) is 4.09. The van der Waals surface area contributed by atoms with Crippen LogP contribution < -0.4 is 0 Å². The second kappa shape index (κ2) is 5.26. The Morgan fingerprint density at radius 1 is 1.38 bits per heavy atom. The number of morpholine rings is 1. The van der Waals surface area contributed by atoms with Crippen LogP contribution in [0.1, 0.15) is 20.8 Å². The van der Waals surface area contributed by atoms with Gasteiger partial charge in [-0.05, 0) is 20.8 Å².